The van der Waals surface area contributed by atoms with Gasteiger partial charge in [0.2, 0.25) is 10.0 Å². The van der Waals surface area contributed by atoms with Gasteiger partial charge in [-0.25, -0.2) is 21.8 Å². The second-order valence-electron chi connectivity index (χ2n) is 13.4. The quantitative estimate of drug-likeness (QED) is 0.126. The number of halogens is 3. The SMILES string of the molecule is O=C(NCCCCC(NS(=O)(=O)c1cnc(N2CCC(CCCC3CCN(S(=O)(=O)c4cc(Br)c(Cl)s4)CC3)CC2)c(Br)c1)C(=O)O)c1cccnc1. The third-order valence-corrected chi connectivity index (χ3v) is 16.6. The standard InChI is InChI=1S/C34H43Br2ClN6O7S3/c35-27-20-30(51-31(27)37)53(49,50)43-17-11-24(12-18-43)6-3-5-23-9-15-42(16-10-23)32-28(36)19-26(22-40-32)52(47,48)41-29(34(45)46)8-1-2-14-39-33(44)25-7-4-13-38-21-25/h4,7,13,19-24,29,41H,1-3,5-6,8-12,14-18H2,(H,39,44)(H,45,46). The Morgan fingerprint density at radius 3 is 2.23 bits per heavy atom. The molecular weight excluding hydrogens is 896 g/mol. The molecule has 19 heteroatoms. The van der Waals surface area contributed by atoms with E-state index < -0.39 is 32.1 Å². The number of thiophene rings is 1. The molecule has 1 unspecified atom stereocenters. The van der Waals surface area contributed by atoms with E-state index >= 15 is 0 Å². The number of rotatable bonds is 17. The first kappa shape index (κ1) is 42.0. The van der Waals surface area contributed by atoms with Crippen molar-refractivity contribution in [2.24, 2.45) is 11.8 Å². The average Bonchev–Trinajstić information content (AvgIpc) is 3.49. The highest BCUT2D eigenvalue weighted by Crippen LogP contribution is 2.37. The smallest absolute Gasteiger partial charge is 0.321 e. The van der Waals surface area contributed by atoms with Crippen LogP contribution < -0.4 is 14.9 Å². The zero-order chi connectivity index (χ0) is 38.2. The molecule has 290 valence electrons. The minimum Gasteiger partial charge on any atom is -0.480 e. The third kappa shape index (κ3) is 11.4. The van der Waals surface area contributed by atoms with E-state index in [0.717, 1.165) is 69.4 Å². The number of hydrogen-bond donors (Lipinski definition) is 3. The first-order valence-corrected chi connectivity index (χ1v) is 23.2. The molecule has 13 nitrogen and oxygen atoms in total. The van der Waals surface area contributed by atoms with Gasteiger partial charge in [0, 0.05) is 55.8 Å². The van der Waals surface area contributed by atoms with Gasteiger partial charge >= 0.3 is 5.97 Å². The maximum Gasteiger partial charge on any atom is 0.321 e. The predicted octanol–water partition coefficient (Wildman–Crippen LogP) is 6.54. The molecular formula is C34H43Br2ClN6O7S3. The Morgan fingerprint density at radius 2 is 1.64 bits per heavy atom. The van der Waals surface area contributed by atoms with E-state index in [9.17, 15) is 31.5 Å². The molecule has 1 atom stereocenters. The molecule has 0 bridgehead atoms. The van der Waals surface area contributed by atoms with Gasteiger partial charge in [0.15, 0.2) is 0 Å². The molecule has 3 aromatic heterocycles. The second-order valence-corrected chi connectivity index (χ2v) is 20.6. The fourth-order valence-corrected chi connectivity index (χ4v) is 12.6. The summed E-state index contributed by atoms with van der Waals surface area (Å²) in [5.74, 6) is 0.149. The fourth-order valence-electron chi connectivity index (χ4n) is 6.70. The lowest BCUT2D eigenvalue weighted by atomic mass is 9.87. The highest BCUT2D eigenvalue weighted by atomic mass is 79.9. The summed E-state index contributed by atoms with van der Waals surface area (Å²) in [7, 11) is -7.70. The number of aromatic nitrogens is 2. The molecule has 0 saturated carbocycles. The van der Waals surface area contributed by atoms with Gasteiger partial charge in [-0.05, 0) is 113 Å². The van der Waals surface area contributed by atoms with E-state index in [0.29, 0.717) is 69.0 Å². The van der Waals surface area contributed by atoms with Gasteiger partial charge in [-0.1, -0.05) is 30.9 Å². The molecule has 0 aromatic carbocycles. The van der Waals surface area contributed by atoms with Crippen LogP contribution in [0.25, 0.3) is 0 Å². The van der Waals surface area contributed by atoms with Gasteiger partial charge in [-0.2, -0.15) is 9.03 Å². The molecule has 2 fully saturated rings. The van der Waals surface area contributed by atoms with Crippen LogP contribution in [0, 0.1) is 11.8 Å². The molecule has 2 aliphatic heterocycles. The number of carboxylic acid groups (broad SMARTS) is 1. The van der Waals surface area contributed by atoms with Crippen molar-refractivity contribution in [2.45, 2.75) is 79.4 Å². The molecule has 5 rings (SSSR count). The Hall–Kier alpha value is -2.19. The lowest BCUT2D eigenvalue weighted by Crippen LogP contribution is -2.41. The van der Waals surface area contributed by atoms with Gasteiger partial charge in [-0.15, -0.1) is 11.3 Å². The molecule has 3 aromatic rings. The van der Waals surface area contributed by atoms with E-state index in [1.54, 1.807) is 28.7 Å². The van der Waals surface area contributed by atoms with Gasteiger partial charge in [-0.3, -0.25) is 14.6 Å². The number of hydrogen-bond acceptors (Lipinski definition) is 10. The van der Waals surface area contributed by atoms with Gasteiger partial charge in [0.25, 0.3) is 15.9 Å². The van der Waals surface area contributed by atoms with Crippen molar-refractivity contribution < 1.29 is 31.5 Å². The minimum atomic E-state index is -4.18. The maximum absolute atomic E-state index is 13.2. The summed E-state index contributed by atoms with van der Waals surface area (Å²) >= 11 is 13.9. The molecule has 53 heavy (non-hydrogen) atoms. The van der Waals surface area contributed by atoms with Crippen LogP contribution in [-0.2, 0) is 24.8 Å². The van der Waals surface area contributed by atoms with Crippen LogP contribution in [0.4, 0.5) is 5.82 Å². The number of aliphatic carboxylic acids is 1. The van der Waals surface area contributed by atoms with Crippen molar-refractivity contribution >= 4 is 92.5 Å². The summed E-state index contributed by atoms with van der Waals surface area (Å²) < 4.78 is 58.1. The summed E-state index contributed by atoms with van der Waals surface area (Å²) in [5, 5.41) is 12.5. The van der Waals surface area contributed by atoms with E-state index in [1.165, 1.54) is 18.5 Å². The van der Waals surface area contributed by atoms with E-state index in [-0.39, 0.29) is 21.4 Å². The van der Waals surface area contributed by atoms with Crippen LogP contribution in [0.2, 0.25) is 4.34 Å². The first-order valence-electron chi connectivity index (χ1n) is 17.5. The molecule has 2 aliphatic rings. The number of carbonyl (C=O) groups excluding carboxylic acids is 1. The third-order valence-electron chi connectivity index (χ3n) is 9.76. The van der Waals surface area contributed by atoms with Crippen molar-refractivity contribution in [3.63, 3.8) is 0 Å². The largest absolute Gasteiger partial charge is 0.480 e. The highest BCUT2D eigenvalue weighted by Gasteiger charge is 2.32. The van der Waals surface area contributed by atoms with E-state index in [2.05, 4.69) is 56.8 Å². The number of nitrogens with zero attached hydrogens (tertiary/aromatic N) is 4. The molecule has 1 amide bonds. The summed E-state index contributed by atoms with van der Waals surface area (Å²) in [5.41, 5.74) is 0.420. The second kappa shape index (κ2) is 19.1. The van der Waals surface area contributed by atoms with Crippen molar-refractivity contribution in [2.75, 3.05) is 37.6 Å². The average molecular weight is 939 g/mol. The number of carbonyl (C=O) groups is 2. The Kier molecular flexibility index (Phi) is 15.1. The number of nitrogens with one attached hydrogen (secondary N) is 2. The Morgan fingerprint density at radius 1 is 0.962 bits per heavy atom. The molecule has 3 N–H and O–H groups in total. The Balaban J connectivity index is 1.02. The van der Waals surface area contributed by atoms with Crippen molar-refractivity contribution in [3.05, 3.63) is 61.7 Å². The number of unbranched alkanes of at least 4 members (excludes halogenated alkanes) is 1. The predicted molar refractivity (Wildman–Crippen MR) is 211 cm³/mol. The summed E-state index contributed by atoms with van der Waals surface area (Å²) in [6.07, 6.45) is 12.1. The molecule has 0 aliphatic carbocycles. The summed E-state index contributed by atoms with van der Waals surface area (Å²) in [6.45, 7) is 2.91. The highest BCUT2D eigenvalue weighted by molar-refractivity contribution is 9.11. The van der Waals surface area contributed by atoms with Crippen LogP contribution in [-0.4, -0.2) is 86.9 Å². The van der Waals surface area contributed by atoms with E-state index in [1.807, 2.05) is 0 Å². The topological polar surface area (TPSA) is 179 Å². The zero-order valence-corrected chi connectivity index (χ0v) is 35.3. The normalized spacial score (nSPS) is 17.2. The van der Waals surface area contributed by atoms with Crippen molar-refractivity contribution in [1.82, 2.24) is 24.3 Å². The zero-order valence-electron chi connectivity index (χ0n) is 28.9. The number of pyridine rings is 2. The maximum atomic E-state index is 13.2. The summed E-state index contributed by atoms with van der Waals surface area (Å²) in [6, 6.07) is 4.99. The van der Waals surface area contributed by atoms with Crippen LogP contribution in [0.15, 0.2) is 60.9 Å². The van der Waals surface area contributed by atoms with Gasteiger partial charge < -0.3 is 15.3 Å². The van der Waals surface area contributed by atoms with Crippen molar-refractivity contribution in [1.29, 1.82) is 0 Å². The minimum absolute atomic E-state index is 0.0486. The van der Waals surface area contributed by atoms with Crippen molar-refractivity contribution in [3.8, 4) is 0 Å². The van der Waals surface area contributed by atoms with Crippen LogP contribution in [0.3, 0.4) is 0 Å². The summed E-state index contributed by atoms with van der Waals surface area (Å²) in [4.78, 5) is 34.4. The Bertz CT molecular complexity index is 1920. The monoisotopic (exact) mass is 936 g/mol. The first-order chi connectivity index (χ1) is 25.2. The van der Waals surface area contributed by atoms with Crippen LogP contribution in [0.1, 0.15) is 74.6 Å². The molecule has 0 radical (unpaired) electrons. The van der Waals surface area contributed by atoms with Crippen LogP contribution in [0.5, 0.6) is 0 Å². The molecule has 5 heterocycles. The van der Waals surface area contributed by atoms with Crippen LogP contribution >= 0.6 is 54.8 Å². The number of carboxylic acids is 1. The lowest BCUT2D eigenvalue weighted by molar-refractivity contribution is -0.139. The van der Waals surface area contributed by atoms with E-state index in [4.69, 9.17) is 11.6 Å². The molecule has 2 saturated heterocycles. The molecule has 0 spiro atoms. The number of sulfonamides is 2. The lowest BCUT2D eigenvalue weighted by Gasteiger charge is -2.34. The number of amides is 1. The number of anilines is 1. The Labute approximate surface area is 336 Å². The van der Waals surface area contributed by atoms with Gasteiger partial charge in [0.1, 0.15) is 25.3 Å². The fraction of sp³-hybridized carbons (Fsp3) is 0.529. The van der Waals surface area contributed by atoms with Gasteiger partial charge in [0.05, 0.1) is 10.0 Å². The number of piperidine rings is 2.